The van der Waals surface area contributed by atoms with Crippen molar-refractivity contribution < 1.29 is 0 Å². The lowest BCUT2D eigenvalue weighted by Gasteiger charge is -2.18. The molecule has 0 bridgehead atoms. The van der Waals surface area contributed by atoms with Crippen LogP contribution in [0.5, 0.6) is 0 Å². The maximum Gasteiger partial charge on any atom is 0.138 e. The van der Waals surface area contributed by atoms with Gasteiger partial charge in [-0.15, -0.1) is 0 Å². The van der Waals surface area contributed by atoms with Crippen LogP contribution >= 0.6 is 0 Å². The van der Waals surface area contributed by atoms with Crippen molar-refractivity contribution in [1.29, 1.82) is 0 Å². The molecule has 1 atom stereocenters. The van der Waals surface area contributed by atoms with Gasteiger partial charge >= 0.3 is 0 Å². The molecule has 0 fully saturated rings. The number of aryl methyl sites for hydroxylation is 2. The summed E-state index contributed by atoms with van der Waals surface area (Å²) in [7, 11) is 3.93. The molecule has 2 rings (SSSR count). The van der Waals surface area contributed by atoms with Gasteiger partial charge in [-0.25, -0.2) is 4.98 Å². The van der Waals surface area contributed by atoms with Gasteiger partial charge in [0.15, 0.2) is 0 Å². The molecule has 0 spiro atoms. The lowest BCUT2D eigenvalue weighted by Crippen LogP contribution is -2.21. The number of hydrogen-bond donors (Lipinski definition) is 1. The van der Waals surface area contributed by atoms with Crippen LogP contribution in [-0.2, 0) is 13.5 Å². The van der Waals surface area contributed by atoms with Crippen molar-refractivity contribution in [2.75, 3.05) is 13.6 Å². The maximum atomic E-state index is 4.32. The van der Waals surface area contributed by atoms with Gasteiger partial charge in [-0.1, -0.05) is 24.3 Å². The molecule has 0 aliphatic heterocycles. The maximum absolute atomic E-state index is 4.32. The highest BCUT2D eigenvalue weighted by Gasteiger charge is 2.16. The summed E-state index contributed by atoms with van der Waals surface area (Å²) in [4.78, 5) is 4.32. The number of aromatic nitrogens is 3. The van der Waals surface area contributed by atoms with E-state index in [9.17, 15) is 0 Å². The quantitative estimate of drug-likeness (QED) is 0.870. The molecule has 0 amide bonds. The minimum absolute atomic E-state index is 0.430. The molecule has 0 aliphatic rings. The zero-order chi connectivity index (χ0) is 13.0. The van der Waals surface area contributed by atoms with Gasteiger partial charge in [0, 0.05) is 25.9 Å². The Morgan fingerprint density at radius 1 is 1.33 bits per heavy atom. The molecule has 1 heterocycles. The van der Waals surface area contributed by atoms with E-state index in [0.29, 0.717) is 5.92 Å². The van der Waals surface area contributed by atoms with Crippen LogP contribution in [0.3, 0.4) is 0 Å². The number of likely N-dealkylation sites (N-methyl/N-ethyl adjacent to an activating group) is 1. The average molecular weight is 244 g/mol. The fraction of sp³-hybridized carbons (Fsp3) is 0.429. The summed E-state index contributed by atoms with van der Waals surface area (Å²) in [5.74, 6) is 1.46. The molecule has 1 N–H and O–H groups in total. The van der Waals surface area contributed by atoms with E-state index in [2.05, 4.69) is 46.6 Å². The van der Waals surface area contributed by atoms with E-state index >= 15 is 0 Å². The molecule has 96 valence electrons. The fourth-order valence-corrected chi connectivity index (χ4v) is 2.31. The van der Waals surface area contributed by atoms with E-state index in [1.165, 1.54) is 11.1 Å². The standard InChI is InChI=1S/C14H20N4/c1-11-6-4-5-7-13(11)12(9-15-2)8-14-16-10-17-18(14)3/h4-7,10,12,15H,8-9H2,1-3H3. The van der Waals surface area contributed by atoms with E-state index < -0.39 is 0 Å². The first-order valence-electron chi connectivity index (χ1n) is 6.25. The second-order valence-corrected chi connectivity index (χ2v) is 4.62. The summed E-state index contributed by atoms with van der Waals surface area (Å²) in [6.45, 7) is 3.10. The Labute approximate surface area is 108 Å². The Morgan fingerprint density at radius 3 is 2.72 bits per heavy atom. The molecule has 1 aromatic carbocycles. The first-order chi connectivity index (χ1) is 8.72. The second kappa shape index (κ2) is 5.78. The van der Waals surface area contributed by atoms with Crippen LogP contribution in [0.1, 0.15) is 22.9 Å². The third kappa shape index (κ3) is 2.76. The topological polar surface area (TPSA) is 42.7 Å². The number of nitrogens with zero attached hydrogens (tertiary/aromatic N) is 3. The number of nitrogens with one attached hydrogen (secondary N) is 1. The van der Waals surface area contributed by atoms with Crippen molar-refractivity contribution in [3.63, 3.8) is 0 Å². The van der Waals surface area contributed by atoms with Gasteiger partial charge in [-0.3, -0.25) is 4.68 Å². The Hall–Kier alpha value is -1.68. The Morgan fingerprint density at radius 2 is 2.11 bits per heavy atom. The van der Waals surface area contributed by atoms with Crippen LogP contribution in [0.4, 0.5) is 0 Å². The van der Waals surface area contributed by atoms with Crippen molar-refractivity contribution in [3.8, 4) is 0 Å². The lowest BCUT2D eigenvalue weighted by atomic mass is 9.91. The first-order valence-corrected chi connectivity index (χ1v) is 6.25. The smallest absolute Gasteiger partial charge is 0.138 e. The average Bonchev–Trinajstić information content (AvgIpc) is 2.75. The van der Waals surface area contributed by atoms with Crippen molar-refractivity contribution in [2.24, 2.45) is 7.05 Å². The van der Waals surface area contributed by atoms with Gasteiger partial charge in [0.05, 0.1) is 0 Å². The van der Waals surface area contributed by atoms with E-state index in [-0.39, 0.29) is 0 Å². The molecule has 4 nitrogen and oxygen atoms in total. The van der Waals surface area contributed by atoms with Crippen LogP contribution < -0.4 is 5.32 Å². The second-order valence-electron chi connectivity index (χ2n) is 4.62. The molecule has 4 heteroatoms. The molecule has 0 saturated carbocycles. The van der Waals surface area contributed by atoms with Gasteiger partial charge in [0.2, 0.25) is 0 Å². The molecule has 2 aromatic rings. The molecule has 18 heavy (non-hydrogen) atoms. The van der Waals surface area contributed by atoms with E-state index in [4.69, 9.17) is 0 Å². The van der Waals surface area contributed by atoms with Crippen LogP contribution in [0, 0.1) is 6.92 Å². The molecule has 0 aliphatic carbocycles. The normalized spacial score (nSPS) is 12.6. The van der Waals surface area contributed by atoms with Crippen LogP contribution in [-0.4, -0.2) is 28.4 Å². The van der Waals surface area contributed by atoms with Crippen molar-refractivity contribution >= 4 is 0 Å². The fourth-order valence-electron chi connectivity index (χ4n) is 2.31. The number of rotatable bonds is 5. The molecule has 1 aromatic heterocycles. The molecule has 0 saturated heterocycles. The summed E-state index contributed by atoms with van der Waals surface area (Å²) >= 11 is 0. The predicted molar refractivity (Wildman–Crippen MR) is 72.6 cm³/mol. The highest BCUT2D eigenvalue weighted by molar-refractivity contribution is 5.30. The summed E-state index contributed by atoms with van der Waals surface area (Å²) < 4.78 is 1.85. The summed E-state index contributed by atoms with van der Waals surface area (Å²) in [6.07, 6.45) is 2.52. The van der Waals surface area contributed by atoms with Gasteiger partial charge < -0.3 is 5.32 Å². The number of hydrogen-bond acceptors (Lipinski definition) is 3. The number of benzene rings is 1. The molecule has 0 radical (unpaired) electrons. The highest BCUT2D eigenvalue weighted by atomic mass is 15.3. The van der Waals surface area contributed by atoms with Crippen LogP contribution in [0.2, 0.25) is 0 Å². The van der Waals surface area contributed by atoms with Gasteiger partial charge in [-0.2, -0.15) is 5.10 Å². The minimum Gasteiger partial charge on any atom is -0.319 e. The Balaban J connectivity index is 2.24. The SMILES string of the molecule is CNCC(Cc1ncnn1C)c1ccccc1C. The molecule has 1 unspecified atom stereocenters. The van der Waals surface area contributed by atoms with Gasteiger partial charge in [0.25, 0.3) is 0 Å². The monoisotopic (exact) mass is 244 g/mol. The lowest BCUT2D eigenvalue weighted by molar-refractivity contribution is 0.581. The summed E-state index contributed by atoms with van der Waals surface area (Å²) in [5, 5.41) is 7.40. The highest BCUT2D eigenvalue weighted by Crippen LogP contribution is 2.22. The first kappa shape index (κ1) is 12.8. The molecular weight excluding hydrogens is 224 g/mol. The van der Waals surface area contributed by atoms with E-state index in [1.807, 2.05) is 18.8 Å². The Bertz CT molecular complexity index is 504. The van der Waals surface area contributed by atoms with Crippen molar-refractivity contribution in [3.05, 3.63) is 47.5 Å². The zero-order valence-electron chi connectivity index (χ0n) is 11.2. The van der Waals surface area contributed by atoms with E-state index in [1.54, 1.807) is 6.33 Å². The van der Waals surface area contributed by atoms with Crippen LogP contribution in [0.25, 0.3) is 0 Å². The molecular formula is C14H20N4. The third-order valence-electron chi connectivity index (χ3n) is 3.31. The predicted octanol–water partition coefficient (Wildman–Crippen LogP) is 1.67. The van der Waals surface area contributed by atoms with Crippen LogP contribution in [0.15, 0.2) is 30.6 Å². The van der Waals surface area contributed by atoms with Crippen molar-refractivity contribution in [2.45, 2.75) is 19.3 Å². The summed E-state index contributed by atoms with van der Waals surface area (Å²) in [5.41, 5.74) is 2.72. The Kier molecular flexibility index (Phi) is 4.10. The van der Waals surface area contributed by atoms with E-state index in [0.717, 1.165) is 18.8 Å². The minimum atomic E-state index is 0.430. The van der Waals surface area contributed by atoms with Crippen molar-refractivity contribution in [1.82, 2.24) is 20.1 Å². The van der Waals surface area contributed by atoms with Gasteiger partial charge in [0.1, 0.15) is 12.2 Å². The third-order valence-corrected chi connectivity index (χ3v) is 3.31. The summed E-state index contributed by atoms with van der Waals surface area (Å²) in [6, 6.07) is 8.54. The zero-order valence-corrected chi connectivity index (χ0v) is 11.2. The van der Waals surface area contributed by atoms with Gasteiger partial charge in [-0.05, 0) is 25.1 Å². The largest absolute Gasteiger partial charge is 0.319 e.